The van der Waals surface area contributed by atoms with Crippen LogP contribution in [0.5, 0.6) is 5.75 Å². The summed E-state index contributed by atoms with van der Waals surface area (Å²) in [4.78, 5) is 12.4. The zero-order valence-corrected chi connectivity index (χ0v) is 17.4. The highest BCUT2D eigenvalue weighted by atomic mass is 19.3. The van der Waals surface area contributed by atoms with E-state index in [2.05, 4.69) is 15.2 Å². The van der Waals surface area contributed by atoms with Gasteiger partial charge in [0.25, 0.3) is 0 Å². The number of halogens is 2. The highest BCUT2D eigenvalue weighted by Crippen LogP contribution is 2.31. The third kappa shape index (κ3) is 5.52. The molecule has 8 nitrogen and oxygen atoms in total. The number of carbonyl (C=O) groups excluding carboxylic acids is 1. The van der Waals surface area contributed by atoms with Gasteiger partial charge in [-0.05, 0) is 30.3 Å². The number of nitriles is 1. The number of hydrogen-bond donors (Lipinski definition) is 1. The molecular weight excluding hydrogens is 434 g/mol. The molecule has 170 valence electrons. The first kappa shape index (κ1) is 22.4. The topological polar surface area (TPSA) is 98.4 Å². The van der Waals surface area contributed by atoms with Gasteiger partial charge in [0.2, 0.25) is 5.91 Å². The number of para-hydroxylation sites is 2. The summed E-state index contributed by atoms with van der Waals surface area (Å²) in [5.74, 6) is 0.0977. The van der Waals surface area contributed by atoms with Crippen LogP contribution in [0.25, 0.3) is 11.3 Å². The number of ether oxygens (including phenoxy) is 3. The monoisotopic (exact) mass is 454 g/mol. The molecular formula is C23H20F2N4O4. The van der Waals surface area contributed by atoms with Gasteiger partial charge in [0.05, 0.1) is 30.2 Å². The van der Waals surface area contributed by atoms with Crippen LogP contribution in [-0.4, -0.2) is 47.7 Å². The summed E-state index contributed by atoms with van der Waals surface area (Å²) in [7, 11) is 0. The maximum atomic E-state index is 12.6. The average molecular weight is 454 g/mol. The summed E-state index contributed by atoms with van der Waals surface area (Å²) < 4.78 is 42.5. The molecule has 1 N–H and O–H groups in total. The molecule has 1 unspecified atom stereocenters. The first-order valence-corrected chi connectivity index (χ1v) is 10.1. The second-order valence-corrected chi connectivity index (χ2v) is 7.23. The molecule has 0 radical (unpaired) electrons. The Morgan fingerprint density at radius 2 is 1.94 bits per heavy atom. The molecule has 2 atom stereocenters. The largest absolute Gasteiger partial charge is 0.484 e. The fourth-order valence-electron chi connectivity index (χ4n) is 3.45. The molecule has 0 spiro atoms. The summed E-state index contributed by atoms with van der Waals surface area (Å²) in [5, 5.41) is 16.3. The van der Waals surface area contributed by atoms with Gasteiger partial charge >= 0.3 is 6.61 Å². The highest BCUT2D eigenvalue weighted by molar-refractivity contribution is 5.91. The average Bonchev–Trinajstić information content (AvgIpc) is 3.44. The molecule has 1 fully saturated rings. The Labute approximate surface area is 188 Å². The molecule has 2 heterocycles. The standard InChI is InChI=1S/C23H20F2N4O4/c24-23(25)33-21-14-31-13-20(21)32-19-8-4-2-6-16(19)18-9-10-29(28-18)12-22(30)27-17-7-3-1-5-15(17)11-26/h1-10,20-21,23H,12-14H2,(H,27,30)/t20-,21?/m1/s1. The van der Waals surface area contributed by atoms with Crippen LogP contribution >= 0.6 is 0 Å². The molecule has 4 rings (SSSR count). The van der Waals surface area contributed by atoms with Crippen molar-refractivity contribution in [2.45, 2.75) is 25.4 Å². The highest BCUT2D eigenvalue weighted by Gasteiger charge is 2.34. The van der Waals surface area contributed by atoms with E-state index in [1.54, 1.807) is 60.8 Å². The Morgan fingerprint density at radius 1 is 1.18 bits per heavy atom. The van der Waals surface area contributed by atoms with Gasteiger partial charge < -0.3 is 19.5 Å². The minimum atomic E-state index is -2.92. The minimum absolute atomic E-state index is 0.0237. The molecule has 2 aromatic carbocycles. The van der Waals surface area contributed by atoms with E-state index in [-0.39, 0.29) is 25.7 Å². The van der Waals surface area contributed by atoms with Crippen molar-refractivity contribution in [2.24, 2.45) is 0 Å². The Bertz CT molecular complexity index is 1160. The smallest absolute Gasteiger partial charge is 0.345 e. The molecule has 0 aliphatic carbocycles. The van der Waals surface area contributed by atoms with E-state index < -0.39 is 18.8 Å². The van der Waals surface area contributed by atoms with Crippen molar-refractivity contribution < 1.29 is 27.8 Å². The predicted molar refractivity (Wildman–Crippen MR) is 114 cm³/mol. The van der Waals surface area contributed by atoms with Crippen LogP contribution in [0, 0.1) is 11.3 Å². The van der Waals surface area contributed by atoms with Crippen LogP contribution in [0.2, 0.25) is 0 Å². The first-order valence-electron chi connectivity index (χ1n) is 10.1. The van der Waals surface area contributed by atoms with Gasteiger partial charge in [-0.15, -0.1) is 0 Å². The third-order valence-electron chi connectivity index (χ3n) is 4.97. The molecule has 10 heteroatoms. The summed E-state index contributed by atoms with van der Waals surface area (Å²) in [6.07, 6.45) is 0.0762. The maximum absolute atomic E-state index is 12.6. The quantitative estimate of drug-likeness (QED) is 0.560. The summed E-state index contributed by atoms with van der Waals surface area (Å²) in [5.41, 5.74) is 1.97. The van der Waals surface area contributed by atoms with Gasteiger partial charge in [-0.25, -0.2) is 0 Å². The SMILES string of the molecule is N#Cc1ccccc1NC(=O)Cn1ccc(-c2ccccc2O[C@@H]2COCC2OC(F)F)n1. The van der Waals surface area contributed by atoms with E-state index in [1.807, 2.05) is 6.07 Å². The fraction of sp³-hybridized carbons (Fsp3) is 0.261. The van der Waals surface area contributed by atoms with Gasteiger partial charge in [0.15, 0.2) is 6.10 Å². The van der Waals surface area contributed by atoms with E-state index in [0.717, 1.165) is 0 Å². The minimum Gasteiger partial charge on any atom is -0.484 e. The van der Waals surface area contributed by atoms with Crippen LogP contribution in [0.3, 0.4) is 0 Å². The lowest BCUT2D eigenvalue weighted by Gasteiger charge is -2.20. The molecule has 0 saturated carbocycles. The number of aromatic nitrogens is 2. The van der Waals surface area contributed by atoms with Crippen LogP contribution in [0.15, 0.2) is 60.8 Å². The van der Waals surface area contributed by atoms with Crippen LogP contribution < -0.4 is 10.1 Å². The van der Waals surface area contributed by atoms with E-state index >= 15 is 0 Å². The van der Waals surface area contributed by atoms with Crippen molar-refractivity contribution in [3.8, 4) is 23.1 Å². The lowest BCUT2D eigenvalue weighted by molar-refractivity contribution is -0.175. The van der Waals surface area contributed by atoms with E-state index in [9.17, 15) is 13.6 Å². The van der Waals surface area contributed by atoms with Crippen LogP contribution in [0.1, 0.15) is 5.56 Å². The number of carbonyl (C=O) groups is 1. The molecule has 1 saturated heterocycles. The molecule has 33 heavy (non-hydrogen) atoms. The van der Waals surface area contributed by atoms with Crippen LogP contribution in [0.4, 0.5) is 14.5 Å². The Kier molecular flexibility index (Phi) is 6.92. The molecule has 1 aliphatic rings. The fourth-order valence-corrected chi connectivity index (χ4v) is 3.45. The summed E-state index contributed by atoms with van der Waals surface area (Å²) in [6, 6.07) is 17.5. The predicted octanol–water partition coefficient (Wildman–Crippen LogP) is 3.45. The van der Waals surface area contributed by atoms with Crippen molar-refractivity contribution in [1.29, 1.82) is 5.26 Å². The zero-order valence-electron chi connectivity index (χ0n) is 17.4. The molecule has 3 aromatic rings. The lowest BCUT2D eigenvalue weighted by atomic mass is 10.1. The number of nitrogens with one attached hydrogen (secondary N) is 1. The van der Waals surface area contributed by atoms with E-state index in [0.29, 0.717) is 28.3 Å². The van der Waals surface area contributed by atoms with E-state index in [1.165, 1.54) is 4.68 Å². The molecule has 1 aromatic heterocycles. The number of benzene rings is 2. The molecule has 1 amide bonds. The number of anilines is 1. The number of nitrogens with zero attached hydrogens (tertiary/aromatic N) is 3. The van der Waals surface area contributed by atoms with Gasteiger partial charge in [-0.1, -0.05) is 24.3 Å². The second kappa shape index (κ2) is 10.2. The number of alkyl halides is 2. The van der Waals surface area contributed by atoms with Gasteiger partial charge in [-0.2, -0.15) is 19.1 Å². The Balaban J connectivity index is 1.45. The second-order valence-electron chi connectivity index (χ2n) is 7.23. The number of rotatable bonds is 8. The molecule has 0 bridgehead atoms. The zero-order chi connectivity index (χ0) is 23.2. The first-order chi connectivity index (χ1) is 16.0. The summed E-state index contributed by atoms with van der Waals surface area (Å²) >= 11 is 0. The van der Waals surface area contributed by atoms with Crippen molar-refractivity contribution in [3.63, 3.8) is 0 Å². The summed E-state index contributed by atoms with van der Waals surface area (Å²) in [6.45, 7) is -2.83. The normalized spacial score (nSPS) is 17.6. The third-order valence-corrected chi connectivity index (χ3v) is 4.97. The van der Waals surface area contributed by atoms with Crippen molar-refractivity contribution >= 4 is 11.6 Å². The van der Waals surface area contributed by atoms with Gasteiger partial charge in [0.1, 0.15) is 24.5 Å². The van der Waals surface area contributed by atoms with Crippen molar-refractivity contribution in [1.82, 2.24) is 9.78 Å². The molecule has 1 aliphatic heterocycles. The van der Waals surface area contributed by atoms with Crippen molar-refractivity contribution in [2.75, 3.05) is 18.5 Å². The van der Waals surface area contributed by atoms with Gasteiger partial charge in [0, 0.05) is 11.8 Å². The Morgan fingerprint density at radius 3 is 2.76 bits per heavy atom. The Hall–Kier alpha value is -3.81. The van der Waals surface area contributed by atoms with Crippen LogP contribution in [-0.2, 0) is 20.8 Å². The maximum Gasteiger partial charge on any atom is 0.345 e. The lowest BCUT2D eigenvalue weighted by Crippen LogP contribution is -2.34. The van der Waals surface area contributed by atoms with Crippen molar-refractivity contribution in [3.05, 3.63) is 66.4 Å². The van der Waals surface area contributed by atoms with E-state index in [4.69, 9.17) is 14.7 Å². The number of amides is 1. The van der Waals surface area contributed by atoms with Gasteiger partial charge in [-0.3, -0.25) is 9.48 Å². The number of hydrogen-bond acceptors (Lipinski definition) is 6.